The largest absolute Gasteiger partial charge is 0.478 e. The Morgan fingerprint density at radius 1 is 1.45 bits per heavy atom. The van der Waals surface area contributed by atoms with Crippen LogP contribution in [-0.4, -0.2) is 35.2 Å². The average molecular weight is 292 g/mol. The van der Waals surface area contributed by atoms with Gasteiger partial charge in [-0.2, -0.15) is 0 Å². The van der Waals surface area contributed by atoms with E-state index in [2.05, 4.69) is 16.6 Å². The first kappa shape index (κ1) is 15.9. The van der Waals surface area contributed by atoms with Gasteiger partial charge in [0.25, 0.3) is 0 Å². The molecular weight excluding hydrogens is 276 g/mol. The van der Waals surface area contributed by atoms with Crippen LogP contribution < -0.4 is 10.6 Å². The molecule has 0 unspecified atom stereocenters. The second kappa shape index (κ2) is 8.12. The zero-order chi connectivity index (χ0) is 15.0. The van der Waals surface area contributed by atoms with Crippen molar-refractivity contribution in [3.05, 3.63) is 29.3 Å². The highest BCUT2D eigenvalue weighted by Crippen LogP contribution is 2.20. The number of nitrogens with one attached hydrogen (secondary N) is 2. The summed E-state index contributed by atoms with van der Waals surface area (Å²) in [5, 5.41) is 14.3. The molecule has 5 nitrogen and oxygen atoms in total. The highest BCUT2D eigenvalue weighted by atomic mass is 32.2. The van der Waals surface area contributed by atoms with E-state index in [4.69, 9.17) is 11.5 Å². The Labute approximate surface area is 122 Å². The number of terminal acetylenes is 1. The van der Waals surface area contributed by atoms with E-state index in [9.17, 15) is 9.59 Å². The van der Waals surface area contributed by atoms with Crippen LogP contribution in [0.4, 0.5) is 10.5 Å². The smallest absolute Gasteiger partial charge is 0.337 e. The number of hydrogen-bond acceptors (Lipinski definition) is 3. The van der Waals surface area contributed by atoms with E-state index in [0.29, 0.717) is 29.3 Å². The molecule has 0 atom stereocenters. The fraction of sp³-hybridized carbons (Fsp3) is 0.286. The quantitative estimate of drug-likeness (QED) is 0.555. The van der Waals surface area contributed by atoms with Crippen molar-refractivity contribution in [3.63, 3.8) is 0 Å². The number of para-hydroxylation sites is 1. The van der Waals surface area contributed by atoms with Crippen molar-refractivity contribution >= 4 is 29.4 Å². The summed E-state index contributed by atoms with van der Waals surface area (Å²) in [6.45, 7) is 2.21. The van der Waals surface area contributed by atoms with Crippen LogP contribution in [0, 0.1) is 19.3 Å². The Kier molecular flexibility index (Phi) is 6.47. The normalized spacial score (nSPS) is 9.60. The van der Waals surface area contributed by atoms with Crippen LogP contribution in [0.1, 0.15) is 15.9 Å². The molecule has 0 aliphatic rings. The maximum Gasteiger partial charge on any atom is 0.337 e. The highest BCUT2D eigenvalue weighted by molar-refractivity contribution is 7.99. The first-order chi connectivity index (χ1) is 9.56. The zero-order valence-corrected chi connectivity index (χ0v) is 11.9. The van der Waals surface area contributed by atoms with Gasteiger partial charge < -0.3 is 15.7 Å². The van der Waals surface area contributed by atoms with Crippen molar-refractivity contribution in [2.24, 2.45) is 0 Å². The summed E-state index contributed by atoms with van der Waals surface area (Å²) in [5.74, 6) is 2.72. The molecule has 0 bridgehead atoms. The molecule has 20 heavy (non-hydrogen) atoms. The van der Waals surface area contributed by atoms with Crippen molar-refractivity contribution < 1.29 is 14.7 Å². The lowest BCUT2D eigenvalue weighted by molar-refractivity contribution is 0.0698. The van der Waals surface area contributed by atoms with E-state index < -0.39 is 12.0 Å². The molecule has 0 heterocycles. The summed E-state index contributed by atoms with van der Waals surface area (Å²) in [4.78, 5) is 22.8. The van der Waals surface area contributed by atoms with Gasteiger partial charge in [-0.3, -0.25) is 0 Å². The number of rotatable bonds is 6. The Bertz CT molecular complexity index is 538. The van der Waals surface area contributed by atoms with Gasteiger partial charge in [-0.1, -0.05) is 18.1 Å². The van der Waals surface area contributed by atoms with Gasteiger partial charge in [-0.05, 0) is 18.6 Å². The van der Waals surface area contributed by atoms with E-state index in [1.165, 1.54) is 6.07 Å². The minimum absolute atomic E-state index is 0.0712. The van der Waals surface area contributed by atoms with Crippen LogP contribution >= 0.6 is 11.8 Å². The van der Waals surface area contributed by atoms with Crippen molar-refractivity contribution in [2.45, 2.75) is 6.92 Å². The number of carboxylic acid groups (broad SMARTS) is 1. The van der Waals surface area contributed by atoms with Crippen molar-refractivity contribution in [2.75, 3.05) is 23.4 Å². The highest BCUT2D eigenvalue weighted by Gasteiger charge is 2.13. The molecule has 2 amide bonds. The molecular formula is C14H16N2O3S. The summed E-state index contributed by atoms with van der Waals surface area (Å²) in [5.41, 5.74) is 1.08. The molecule has 0 saturated carbocycles. The van der Waals surface area contributed by atoms with Gasteiger partial charge in [0.15, 0.2) is 0 Å². The maximum absolute atomic E-state index is 11.7. The number of hydrogen-bond donors (Lipinski definition) is 3. The van der Waals surface area contributed by atoms with Crippen LogP contribution in [0.3, 0.4) is 0 Å². The molecule has 106 valence electrons. The SMILES string of the molecule is C#CCSCCNC(=O)Nc1c(C)cccc1C(=O)O. The molecule has 0 saturated heterocycles. The number of benzene rings is 1. The topological polar surface area (TPSA) is 78.4 Å². The number of carbonyl (C=O) groups excluding carboxylic acids is 1. The van der Waals surface area contributed by atoms with Crippen molar-refractivity contribution in [1.82, 2.24) is 5.32 Å². The number of amides is 2. The summed E-state index contributed by atoms with van der Waals surface area (Å²) in [7, 11) is 0. The third-order valence-electron chi connectivity index (χ3n) is 2.46. The number of aryl methyl sites for hydroxylation is 1. The fourth-order valence-corrected chi connectivity index (χ4v) is 2.05. The maximum atomic E-state index is 11.7. The van der Waals surface area contributed by atoms with Crippen molar-refractivity contribution in [3.8, 4) is 12.3 Å². The monoisotopic (exact) mass is 292 g/mol. The van der Waals surface area contributed by atoms with Crippen LogP contribution in [0.15, 0.2) is 18.2 Å². The standard InChI is InChI=1S/C14H16N2O3S/c1-3-8-20-9-7-15-14(19)16-12-10(2)5-4-6-11(12)13(17)18/h1,4-6H,7-9H2,2H3,(H,17,18)(H2,15,16,19). The molecule has 0 aliphatic carbocycles. The molecule has 0 aromatic heterocycles. The minimum atomic E-state index is -1.08. The van der Waals surface area contributed by atoms with Crippen LogP contribution in [0.2, 0.25) is 0 Å². The Morgan fingerprint density at radius 3 is 2.85 bits per heavy atom. The average Bonchev–Trinajstić information content (AvgIpc) is 2.40. The van der Waals surface area contributed by atoms with E-state index in [0.717, 1.165) is 0 Å². The summed E-state index contributed by atoms with van der Waals surface area (Å²) in [6.07, 6.45) is 5.11. The van der Waals surface area contributed by atoms with Gasteiger partial charge in [0, 0.05) is 12.3 Å². The van der Waals surface area contributed by atoms with Crippen LogP contribution in [0.25, 0.3) is 0 Å². The number of carbonyl (C=O) groups is 2. The molecule has 0 radical (unpaired) electrons. The van der Waals surface area contributed by atoms with Gasteiger partial charge >= 0.3 is 12.0 Å². The number of thioether (sulfide) groups is 1. The molecule has 0 fully saturated rings. The Balaban J connectivity index is 2.58. The van der Waals surface area contributed by atoms with Crippen molar-refractivity contribution in [1.29, 1.82) is 0 Å². The second-order valence-corrected chi connectivity index (χ2v) is 5.05. The van der Waals surface area contributed by atoms with E-state index in [1.54, 1.807) is 30.8 Å². The van der Waals surface area contributed by atoms with Gasteiger partial charge in [0.1, 0.15) is 0 Å². The first-order valence-electron chi connectivity index (χ1n) is 5.95. The molecule has 0 aliphatic heterocycles. The predicted molar refractivity (Wildman–Crippen MR) is 81.3 cm³/mol. The lowest BCUT2D eigenvalue weighted by atomic mass is 10.1. The summed E-state index contributed by atoms with van der Waals surface area (Å²) in [6, 6.07) is 4.40. The number of aromatic carboxylic acids is 1. The number of urea groups is 1. The molecule has 0 spiro atoms. The third-order valence-corrected chi connectivity index (χ3v) is 3.32. The van der Waals surface area contributed by atoms with Gasteiger partial charge in [-0.25, -0.2) is 9.59 Å². The van der Waals surface area contributed by atoms with E-state index in [-0.39, 0.29) is 5.56 Å². The zero-order valence-electron chi connectivity index (χ0n) is 11.1. The molecule has 1 aromatic rings. The second-order valence-electron chi connectivity index (χ2n) is 3.94. The van der Waals surface area contributed by atoms with Crippen LogP contribution in [0.5, 0.6) is 0 Å². The first-order valence-corrected chi connectivity index (χ1v) is 7.10. The molecule has 3 N–H and O–H groups in total. The fourth-order valence-electron chi connectivity index (χ4n) is 1.54. The lowest BCUT2D eigenvalue weighted by Crippen LogP contribution is -2.31. The predicted octanol–water partition coefficient (Wildman–Crippen LogP) is 2.18. The molecule has 6 heteroatoms. The van der Waals surface area contributed by atoms with E-state index in [1.807, 2.05) is 0 Å². The summed E-state index contributed by atoms with van der Waals surface area (Å²) < 4.78 is 0. The Hall–Kier alpha value is -2.13. The third kappa shape index (κ3) is 4.86. The van der Waals surface area contributed by atoms with E-state index >= 15 is 0 Å². The minimum Gasteiger partial charge on any atom is -0.478 e. The molecule has 1 aromatic carbocycles. The molecule has 1 rings (SSSR count). The Morgan fingerprint density at radius 2 is 2.20 bits per heavy atom. The van der Waals surface area contributed by atoms with Gasteiger partial charge in [0.05, 0.1) is 17.0 Å². The summed E-state index contributed by atoms with van der Waals surface area (Å²) >= 11 is 1.54. The van der Waals surface area contributed by atoms with Gasteiger partial charge in [-0.15, -0.1) is 18.2 Å². The number of anilines is 1. The van der Waals surface area contributed by atoms with Crippen LogP contribution in [-0.2, 0) is 0 Å². The van der Waals surface area contributed by atoms with Gasteiger partial charge in [0.2, 0.25) is 0 Å². The lowest BCUT2D eigenvalue weighted by Gasteiger charge is -2.12. The number of carboxylic acids is 1.